The molecular formula is C20H29N5O2. The molecule has 2 aliphatic rings. The molecule has 4 rings (SSSR count). The highest BCUT2D eigenvalue weighted by Gasteiger charge is 2.47. The van der Waals surface area contributed by atoms with Crippen LogP contribution in [0.5, 0.6) is 5.75 Å². The van der Waals surface area contributed by atoms with E-state index < -0.39 is 11.2 Å². The van der Waals surface area contributed by atoms with Crippen molar-refractivity contribution in [2.45, 2.75) is 44.9 Å². The van der Waals surface area contributed by atoms with E-state index in [1.54, 1.807) is 20.2 Å². The average molecular weight is 371 g/mol. The third kappa shape index (κ3) is 3.37. The van der Waals surface area contributed by atoms with Gasteiger partial charge in [0.2, 0.25) is 0 Å². The zero-order chi connectivity index (χ0) is 19.2. The molecule has 2 aromatic rings. The number of anilines is 2. The van der Waals surface area contributed by atoms with E-state index in [4.69, 9.17) is 10.5 Å². The van der Waals surface area contributed by atoms with Crippen LogP contribution in [0.2, 0.25) is 0 Å². The molecule has 1 saturated heterocycles. The molecule has 1 atom stereocenters. The molecule has 1 fully saturated rings. The van der Waals surface area contributed by atoms with Crippen LogP contribution in [0.3, 0.4) is 0 Å². The van der Waals surface area contributed by atoms with Crippen LogP contribution in [0, 0.1) is 0 Å². The minimum absolute atomic E-state index is 0.636. The third-order valence-electron chi connectivity index (χ3n) is 6.02. The van der Waals surface area contributed by atoms with E-state index in [1.165, 1.54) is 0 Å². The van der Waals surface area contributed by atoms with E-state index in [0.717, 1.165) is 61.1 Å². The summed E-state index contributed by atoms with van der Waals surface area (Å²) in [6.07, 6.45) is 4.33. The maximum Gasteiger partial charge on any atom is 0.138 e. The van der Waals surface area contributed by atoms with Crippen LogP contribution in [-0.4, -0.2) is 57.4 Å². The molecule has 0 spiro atoms. The van der Waals surface area contributed by atoms with Crippen molar-refractivity contribution in [3.63, 3.8) is 0 Å². The topological polar surface area (TPSA) is 90.6 Å². The fourth-order valence-corrected chi connectivity index (χ4v) is 3.88. The lowest BCUT2D eigenvalue weighted by molar-refractivity contribution is -0.0900. The number of benzene rings is 1. The normalized spacial score (nSPS) is 23.3. The van der Waals surface area contributed by atoms with E-state index in [1.807, 2.05) is 25.3 Å². The number of nitrogens with zero attached hydrogens (tertiary/aromatic N) is 3. The number of hydrogen-bond acceptors (Lipinski definition) is 6. The highest BCUT2D eigenvalue weighted by molar-refractivity contribution is 5.72. The smallest absolute Gasteiger partial charge is 0.138 e. The Kier molecular flexibility index (Phi) is 4.31. The van der Waals surface area contributed by atoms with Crippen molar-refractivity contribution in [1.82, 2.24) is 14.9 Å². The maximum atomic E-state index is 10.5. The monoisotopic (exact) mass is 371 g/mol. The van der Waals surface area contributed by atoms with Crippen LogP contribution in [0.25, 0.3) is 0 Å². The van der Waals surface area contributed by atoms with Crippen LogP contribution in [0.1, 0.15) is 32.0 Å². The lowest BCUT2D eigenvalue weighted by Gasteiger charge is -2.37. The summed E-state index contributed by atoms with van der Waals surface area (Å²) in [4.78, 5) is 12.0. The number of aromatic amines is 1. The van der Waals surface area contributed by atoms with Gasteiger partial charge < -0.3 is 25.5 Å². The van der Waals surface area contributed by atoms with E-state index in [9.17, 15) is 5.11 Å². The first-order chi connectivity index (χ1) is 12.7. The van der Waals surface area contributed by atoms with Crippen molar-refractivity contribution >= 4 is 11.4 Å². The van der Waals surface area contributed by atoms with Crippen LogP contribution < -0.4 is 15.4 Å². The van der Waals surface area contributed by atoms with Gasteiger partial charge in [-0.3, -0.25) is 4.90 Å². The minimum atomic E-state index is -0.932. The zero-order valence-corrected chi connectivity index (χ0v) is 16.3. The molecule has 0 aliphatic carbocycles. The fraction of sp³-hybridized carbons (Fsp3) is 0.550. The van der Waals surface area contributed by atoms with E-state index >= 15 is 0 Å². The standard InChI is InChI=1S/C20H29N5O2/c1-19(2,26)20(3)10-14-8-16(21)17(9-18(14)27-20)25-6-4-24(5-7-25)12-15-11-22-13-23-15/h8-9,11,13,26H,4-7,10,12,21H2,1-3H3,(H,22,23). The number of nitrogens with one attached hydrogen (secondary N) is 1. The van der Waals surface area contributed by atoms with Crippen molar-refractivity contribution < 1.29 is 9.84 Å². The van der Waals surface area contributed by atoms with E-state index in [2.05, 4.69) is 19.8 Å². The van der Waals surface area contributed by atoms with Crippen molar-refractivity contribution in [3.05, 3.63) is 35.9 Å². The fourth-order valence-electron chi connectivity index (χ4n) is 3.88. The number of fused-ring (bicyclic) bond motifs is 1. The second-order valence-corrected chi connectivity index (χ2v) is 8.41. The zero-order valence-electron chi connectivity index (χ0n) is 16.3. The molecule has 2 aliphatic heterocycles. The Labute approximate surface area is 160 Å². The van der Waals surface area contributed by atoms with Gasteiger partial charge in [-0.05, 0) is 26.8 Å². The highest BCUT2D eigenvalue weighted by Crippen LogP contribution is 2.44. The molecule has 0 saturated carbocycles. The molecule has 4 N–H and O–H groups in total. The van der Waals surface area contributed by atoms with E-state index in [0.29, 0.717) is 6.42 Å². The number of H-pyrrole nitrogens is 1. The quantitative estimate of drug-likeness (QED) is 0.710. The summed E-state index contributed by atoms with van der Waals surface area (Å²) in [7, 11) is 0. The number of nitrogens with two attached hydrogens (primary N) is 1. The number of hydrogen-bond donors (Lipinski definition) is 3. The van der Waals surface area contributed by atoms with Gasteiger partial charge in [-0.1, -0.05) is 0 Å². The Hall–Kier alpha value is -2.25. The van der Waals surface area contributed by atoms with Gasteiger partial charge in [0.15, 0.2) is 0 Å². The van der Waals surface area contributed by atoms with Crippen molar-refractivity contribution in [2.24, 2.45) is 0 Å². The predicted molar refractivity (Wildman–Crippen MR) is 106 cm³/mol. The Morgan fingerprint density at radius 3 is 2.67 bits per heavy atom. The van der Waals surface area contributed by atoms with Gasteiger partial charge in [-0.2, -0.15) is 0 Å². The largest absolute Gasteiger partial charge is 0.484 e. The summed E-state index contributed by atoms with van der Waals surface area (Å²) in [6.45, 7) is 10.2. The molecule has 3 heterocycles. The number of aromatic nitrogens is 2. The first kappa shape index (κ1) is 18.1. The van der Waals surface area contributed by atoms with Gasteiger partial charge >= 0.3 is 0 Å². The molecule has 27 heavy (non-hydrogen) atoms. The Morgan fingerprint density at radius 1 is 1.30 bits per heavy atom. The molecule has 146 valence electrons. The lowest BCUT2D eigenvalue weighted by atomic mass is 9.84. The molecular weight excluding hydrogens is 342 g/mol. The number of nitrogen functional groups attached to an aromatic ring is 1. The van der Waals surface area contributed by atoms with Crippen molar-refractivity contribution in [1.29, 1.82) is 0 Å². The second kappa shape index (κ2) is 6.42. The Balaban J connectivity index is 1.46. The van der Waals surface area contributed by atoms with Gasteiger partial charge in [-0.25, -0.2) is 4.98 Å². The predicted octanol–water partition coefficient (Wildman–Crippen LogP) is 1.78. The lowest BCUT2D eigenvalue weighted by Crippen LogP contribution is -2.51. The molecule has 1 unspecified atom stereocenters. The van der Waals surface area contributed by atoms with Gasteiger partial charge in [0, 0.05) is 57.0 Å². The van der Waals surface area contributed by atoms with Crippen LogP contribution >= 0.6 is 0 Å². The number of piperazine rings is 1. The molecule has 1 aromatic carbocycles. The number of ether oxygens (including phenoxy) is 1. The summed E-state index contributed by atoms with van der Waals surface area (Å²) < 4.78 is 6.18. The van der Waals surface area contributed by atoms with Gasteiger partial charge in [0.25, 0.3) is 0 Å². The van der Waals surface area contributed by atoms with Crippen molar-refractivity contribution in [2.75, 3.05) is 36.8 Å². The Morgan fingerprint density at radius 2 is 2.04 bits per heavy atom. The molecule has 0 amide bonds. The Bertz CT molecular complexity index is 807. The SMILES string of the molecule is CC(C)(O)C1(C)Cc2cc(N)c(N3CCN(Cc4c[nH]cn4)CC3)cc2O1. The van der Waals surface area contributed by atoms with Crippen LogP contribution in [0.15, 0.2) is 24.7 Å². The summed E-state index contributed by atoms with van der Waals surface area (Å²) in [5, 5.41) is 10.5. The molecule has 7 heteroatoms. The maximum absolute atomic E-state index is 10.5. The number of imidazole rings is 1. The van der Waals surface area contributed by atoms with Crippen LogP contribution in [0.4, 0.5) is 11.4 Å². The molecule has 1 aromatic heterocycles. The number of aliphatic hydroxyl groups is 1. The van der Waals surface area contributed by atoms with E-state index in [-0.39, 0.29) is 0 Å². The first-order valence-electron chi connectivity index (χ1n) is 9.54. The first-order valence-corrected chi connectivity index (χ1v) is 9.54. The summed E-state index contributed by atoms with van der Waals surface area (Å²) in [5.41, 5.74) is 8.75. The van der Waals surface area contributed by atoms with Crippen molar-refractivity contribution in [3.8, 4) is 5.75 Å². The summed E-state index contributed by atoms with van der Waals surface area (Å²) in [5.74, 6) is 0.836. The van der Waals surface area contributed by atoms with Gasteiger partial charge in [0.05, 0.1) is 29.0 Å². The summed E-state index contributed by atoms with van der Waals surface area (Å²) in [6, 6.07) is 4.06. The average Bonchev–Trinajstić information content (AvgIpc) is 3.21. The highest BCUT2D eigenvalue weighted by atomic mass is 16.5. The second-order valence-electron chi connectivity index (χ2n) is 8.41. The molecule has 0 radical (unpaired) electrons. The van der Waals surface area contributed by atoms with Gasteiger partial charge in [-0.15, -0.1) is 0 Å². The van der Waals surface area contributed by atoms with Crippen LogP contribution in [-0.2, 0) is 13.0 Å². The molecule has 0 bridgehead atoms. The summed E-state index contributed by atoms with van der Waals surface area (Å²) >= 11 is 0. The minimum Gasteiger partial charge on any atom is -0.484 e. The van der Waals surface area contributed by atoms with Gasteiger partial charge in [0.1, 0.15) is 11.4 Å². The molecule has 7 nitrogen and oxygen atoms in total. The third-order valence-corrected chi connectivity index (χ3v) is 6.02. The number of rotatable bonds is 4.